The van der Waals surface area contributed by atoms with E-state index in [0.29, 0.717) is 0 Å². The number of nitrogens with one attached hydrogen (secondary N) is 1. The molecule has 2 nitrogen and oxygen atoms in total. The van der Waals surface area contributed by atoms with Crippen LogP contribution in [0.4, 0.5) is 0 Å². The Bertz CT molecular complexity index is 219. The predicted octanol–water partition coefficient (Wildman–Crippen LogP) is 3.03. The van der Waals surface area contributed by atoms with Gasteiger partial charge in [-0.15, -0.1) is 0 Å². The summed E-state index contributed by atoms with van der Waals surface area (Å²) in [6.45, 7) is 9.68. The molecule has 0 bridgehead atoms. The second-order valence-electron chi connectivity index (χ2n) is 6.28. The molecule has 0 spiro atoms. The number of hydrogen-bond donors (Lipinski definition) is 1. The van der Waals surface area contributed by atoms with Crippen molar-refractivity contribution in [2.75, 3.05) is 13.1 Å². The maximum atomic E-state index is 3.73. The monoisotopic (exact) mass is 238 g/mol. The smallest absolute Gasteiger partial charge is 0.0197 e. The fourth-order valence-electron chi connectivity index (χ4n) is 3.69. The Labute approximate surface area is 107 Å². The van der Waals surface area contributed by atoms with Gasteiger partial charge in [0.2, 0.25) is 0 Å². The second kappa shape index (κ2) is 6.19. The summed E-state index contributed by atoms with van der Waals surface area (Å²) in [5.41, 5.74) is 0. The Hall–Kier alpha value is -0.0800. The molecule has 2 aliphatic rings. The van der Waals surface area contributed by atoms with Crippen LogP contribution in [0.1, 0.15) is 59.3 Å². The Morgan fingerprint density at radius 1 is 1.12 bits per heavy atom. The Kier molecular flexibility index (Phi) is 4.87. The summed E-state index contributed by atoms with van der Waals surface area (Å²) in [5, 5.41) is 3.73. The first-order valence-corrected chi connectivity index (χ1v) is 7.69. The molecule has 4 atom stereocenters. The summed E-state index contributed by atoms with van der Waals surface area (Å²) in [5.74, 6) is 0.969. The van der Waals surface area contributed by atoms with Gasteiger partial charge in [0.15, 0.2) is 0 Å². The molecule has 0 aromatic carbocycles. The lowest BCUT2D eigenvalue weighted by Crippen LogP contribution is -2.52. The van der Waals surface area contributed by atoms with Gasteiger partial charge in [-0.3, -0.25) is 4.90 Å². The summed E-state index contributed by atoms with van der Waals surface area (Å²) in [4.78, 5) is 2.75. The number of piperidine rings is 2. The van der Waals surface area contributed by atoms with Crippen LogP contribution in [0.25, 0.3) is 0 Å². The minimum atomic E-state index is 0.747. The van der Waals surface area contributed by atoms with Crippen LogP contribution in [0, 0.1) is 5.92 Å². The normalized spacial score (nSPS) is 40.4. The minimum Gasteiger partial charge on any atom is -0.313 e. The summed E-state index contributed by atoms with van der Waals surface area (Å²) in [6.07, 6.45) is 8.37. The lowest BCUT2D eigenvalue weighted by atomic mass is 9.89. The summed E-state index contributed by atoms with van der Waals surface area (Å²) >= 11 is 0. The molecule has 2 heterocycles. The average molecular weight is 238 g/mol. The first-order chi connectivity index (χ1) is 8.20. The zero-order chi connectivity index (χ0) is 12.3. The van der Waals surface area contributed by atoms with Crippen molar-refractivity contribution >= 4 is 0 Å². The number of likely N-dealkylation sites (tertiary alicyclic amines) is 1. The molecule has 0 aromatic heterocycles. The second-order valence-corrected chi connectivity index (χ2v) is 6.28. The van der Waals surface area contributed by atoms with Gasteiger partial charge in [-0.1, -0.05) is 19.8 Å². The maximum absolute atomic E-state index is 3.73. The van der Waals surface area contributed by atoms with Crippen molar-refractivity contribution in [3.8, 4) is 0 Å². The molecule has 2 saturated heterocycles. The topological polar surface area (TPSA) is 15.3 Å². The van der Waals surface area contributed by atoms with Gasteiger partial charge < -0.3 is 5.32 Å². The number of hydrogen-bond acceptors (Lipinski definition) is 2. The third kappa shape index (κ3) is 3.45. The minimum absolute atomic E-state index is 0.747. The van der Waals surface area contributed by atoms with Crippen molar-refractivity contribution in [2.45, 2.75) is 77.4 Å². The van der Waals surface area contributed by atoms with E-state index in [1.807, 2.05) is 0 Å². The van der Waals surface area contributed by atoms with Gasteiger partial charge in [-0.25, -0.2) is 0 Å². The lowest BCUT2D eigenvalue weighted by Gasteiger charge is -2.42. The third-order valence-corrected chi connectivity index (χ3v) is 4.99. The first kappa shape index (κ1) is 13.4. The van der Waals surface area contributed by atoms with E-state index in [0.717, 1.165) is 24.0 Å². The van der Waals surface area contributed by atoms with Crippen molar-refractivity contribution < 1.29 is 0 Å². The van der Waals surface area contributed by atoms with Gasteiger partial charge in [-0.05, 0) is 52.0 Å². The van der Waals surface area contributed by atoms with Crippen LogP contribution < -0.4 is 5.32 Å². The zero-order valence-electron chi connectivity index (χ0n) is 11.9. The molecule has 2 fully saturated rings. The van der Waals surface area contributed by atoms with E-state index in [1.54, 1.807) is 0 Å². The fourth-order valence-corrected chi connectivity index (χ4v) is 3.69. The van der Waals surface area contributed by atoms with E-state index in [1.165, 1.54) is 51.6 Å². The van der Waals surface area contributed by atoms with Crippen molar-refractivity contribution in [3.63, 3.8) is 0 Å². The summed E-state index contributed by atoms with van der Waals surface area (Å²) < 4.78 is 0. The zero-order valence-corrected chi connectivity index (χ0v) is 11.9. The van der Waals surface area contributed by atoms with E-state index in [-0.39, 0.29) is 0 Å². The van der Waals surface area contributed by atoms with Gasteiger partial charge in [0.1, 0.15) is 0 Å². The lowest BCUT2D eigenvalue weighted by molar-refractivity contribution is 0.0811. The van der Waals surface area contributed by atoms with Gasteiger partial charge in [0.25, 0.3) is 0 Å². The van der Waals surface area contributed by atoms with Crippen LogP contribution >= 0.6 is 0 Å². The van der Waals surface area contributed by atoms with Crippen LogP contribution in [-0.2, 0) is 0 Å². The Balaban J connectivity index is 1.86. The van der Waals surface area contributed by atoms with Crippen LogP contribution in [0.15, 0.2) is 0 Å². The molecule has 0 saturated carbocycles. The molecule has 0 aliphatic carbocycles. The highest BCUT2D eigenvalue weighted by Crippen LogP contribution is 2.25. The standard InChI is InChI=1S/C15H30N2/c1-4-14-8-9-16-15(10-14)11-17-12(2)6-5-7-13(17)3/h12-16H,4-11H2,1-3H3. The van der Waals surface area contributed by atoms with E-state index in [4.69, 9.17) is 0 Å². The van der Waals surface area contributed by atoms with Crippen LogP contribution in [0.5, 0.6) is 0 Å². The highest BCUT2D eigenvalue weighted by molar-refractivity contribution is 4.86. The highest BCUT2D eigenvalue weighted by atomic mass is 15.2. The molecular formula is C15H30N2. The van der Waals surface area contributed by atoms with Crippen LogP contribution in [0.3, 0.4) is 0 Å². The highest BCUT2D eigenvalue weighted by Gasteiger charge is 2.29. The van der Waals surface area contributed by atoms with Crippen molar-refractivity contribution in [1.82, 2.24) is 10.2 Å². The van der Waals surface area contributed by atoms with Crippen LogP contribution in [-0.4, -0.2) is 36.1 Å². The third-order valence-electron chi connectivity index (χ3n) is 4.99. The molecule has 100 valence electrons. The summed E-state index contributed by atoms with van der Waals surface area (Å²) in [6, 6.07) is 2.34. The SMILES string of the molecule is CCC1CCNC(CN2C(C)CCCC2C)C1. The van der Waals surface area contributed by atoms with Gasteiger partial charge in [0.05, 0.1) is 0 Å². The Morgan fingerprint density at radius 2 is 1.82 bits per heavy atom. The van der Waals surface area contributed by atoms with Crippen LogP contribution in [0.2, 0.25) is 0 Å². The first-order valence-electron chi connectivity index (χ1n) is 7.69. The maximum Gasteiger partial charge on any atom is 0.0197 e. The van der Waals surface area contributed by atoms with E-state index in [2.05, 4.69) is 31.0 Å². The van der Waals surface area contributed by atoms with Gasteiger partial charge in [0, 0.05) is 24.7 Å². The van der Waals surface area contributed by atoms with Gasteiger partial charge >= 0.3 is 0 Å². The van der Waals surface area contributed by atoms with Crippen molar-refractivity contribution in [3.05, 3.63) is 0 Å². The van der Waals surface area contributed by atoms with Crippen molar-refractivity contribution in [1.29, 1.82) is 0 Å². The molecule has 0 amide bonds. The molecular weight excluding hydrogens is 208 g/mol. The molecule has 2 heteroatoms. The molecule has 17 heavy (non-hydrogen) atoms. The van der Waals surface area contributed by atoms with E-state index in [9.17, 15) is 0 Å². The predicted molar refractivity (Wildman–Crippen MR) is 74.3 cm³/mol. The van der Waals surface area contributed by atoms with Crippen molar-refractivity contribution in [2.24, 2.45) is 5.92 Å². The fraction of sp³-hybridized carbons (Fsp3) is 1.00. The molecule has 2 rings (SSSR count). The van der Waals surface area contributed by atoms with Gasteiger partial charge in [-0.2, -0.15) is 0 Å². The Morgan fingerprint density at radius 3 is 2.47 bits per heavy atom. The number of nitrogens with zero attached hydrogens (tertiary/aromatic N) is 1. The van der Waals surface area contributed by atoms with E-state index >= 15 is 0 Å². The molecule has 2 aliphatic heterocycles. The quantitative estimate of drug-likeness (QED) is 0.813. The largest absolute Gasteiger partial charge is 0.313 e. The average Bonchev–Trinajstić information content (AvgIpc) is 2.34. The number of rotatable bonds is 3. The molecule has 1 N–H and O–H groups in total. The summed E-state index contributed by atoms with van der Waals surface area (Å²) in [7, 11) is 0. The molecule has 4 unspecified atom stereocenters. The molecule has 0 aromatic rings. The molecule has 0 radical (unpaired) electrons. The van der Waals surface area contributed by atoms with E-state index < -0.39 is 0 Å².